The molecule has 22 heavy (non-hydrogen) atoms. The number of amides is 1. The van der Waals surface area contributed by atoms with Crippen LogP contribution >= 0.6 is 0 Å². The lowest BCUT2D eigenvalue weighted by molar-refractivity contribution is -0.118. The summed E-state index contributed by atoms with van der Waals surface area (Å²) in [5, 5.41) is 14.7. The molecule has 4 nitrogen and oxygen atoms in total. The van der Waals surface area contributed by atoms with Crippen molar-refractivity contribution in [3.63, 3.8) is 0 Å². The lowest BCUT2D eigenvalue weighted by atomic mass is 10.0. The molecule has 1 amide bonds. The van der Waals surface area contributed by atoms with Gasteiger partial charge in [0.05, 0.1) is 6.04 Å². The van der Waals surface area contributed by atoms with Crippen molar-refractivity contribution < 1.29 is 14.3 Å². The van der Waals surface area contributed by atoms with Crippen LogP contribution < -0.4 is 10.6 Å². The molecular weight excluding hydrogens is 283 g/mol. The second-order valence-corrected chi connectivity index (χ2v) is 4.94. The molecule has 0 fully saturated rings. The maximum absolute atomic E-state index is 13.0. The maximum Gasteiger partial charge on any atom is 0.250 e. The summed E-state index contributed by atoms with van der Waals surface area (Å²) >= 11 is 0. The van der Waals surface area contributed by atoms with Crippen molar-refractivity contribution in [3.05, 3.63) is 59.9 Å². The first-order valence-electron chi connectivity index (χ1n) is 7.15. The zero-order chi connectivity index (χ0) is 15.9. The van der Waals surface area contributed by atoms with E-state index in [-0.39, 0.29) is 11.9 Å². The lowest BCUT2D eigenvalue weighted by Crippen LogP contribution is -2.15. The van der Waals surface area contributed by atoms with Crippen LogP contribution in [-0.2, 0) is 4.79 Å². The van der Waals surface area contributed by atoms with Gasteiger partial charge in [-0.05, 0) is 42.3 Å². The Morgan fingerprint density at radius 2 is 1.86 bits per heavy atom. The number of aliphatic hydroxyl groups excluding tert-OH is 1. The number of benzene rings is 2. The first-order valence-corrected chi connectivity index (χ1v) is 7.15. The molecule has 0 saturated heterocycles. The molecular formula is C17H19FN2O2. The molecule has 0 bridgehead atoms. The molecule has 0 saturated carbocycles. The molecule has 5 heteroatoms. The minimum atomic E-state index is -0.551. The van der Waals surface area contributed by atoms with Gasteiger partial charge >= 0.3 is 0 Å². The number of halogens is 1. The molecule has 0 heterocycles. The number of anilines is 2. The third kappa shape index (κ3) is 4.30. The third-order valence-corrected chi connectivity index (χ3v) is 3.31. The molecule has 0 spiro atoms. The van der Waals surface area contributed by atoms with Crippen LogP contribution in [0, 0.1) is 5.82 Å². The Labute approximate surface area is 129 Å². The van der Waals surface area contributed by atoms with E-state index in [1.165, 1.54) is 12.1 Å². The van der Waals surface area contributed by atoms with E-state index in [2.05, 4.69) is 10.6 Å². The van der Waals surface area contributed by atoms with Gasteiger partial charge in [0.15, 0.2) is 0 Å². The molecule has 2 aromatic carbocycles. The maximum atomic E-state index is 13.0. The molecule has 2 rings (SSSR count). The van der Waals surface area contributed by atoms with Gasteiger partial charge in [0.1, 0.15) is 12.4 Å². The van der Waals surface area contributed by atoms with Gasteiger partial charge in [-0.2, -0.15) is 0 Å². The summed E-state index contributed by atoms with van der Waals surface area (Å²) in [7, 11) is 0. The van der Waals surface area contributed by atoms with Crippen molar-refractivity contribution in [3.8, 4) is 0 Å². The van der Waals surface area contributed by atoms with E-state index in [0.717, 1.165) is 17.7 Å². The van der Waals surface area contributed by atoms with Crippen molar-refractivity contribution in [2.45, 2.75) is 19.4 Å². The minimum absolute atomic E-state index is 0.0457. The van der Waals surface area contributed by atoms with Crippen LogP contribution in [-0.4, -0.2) is 17.6 Å². The van der Waals surface area contributed by atoms with Crippen LogP contribution in [0.3, 0.4) is 0 Å². The number of nitrogens with one attached hydrogen (secondary N) is 2. The van der Waals surface area contributed by atoms with Crippen molar-refractivity contribution in [2.24, 2.45) is 0 Å². The fraction of sp³-hybridized carbons (Fsp3) is 0.235. The zero-order valence-corrected chi connectivity index (χ0v) is 12.3. The average molecular weight is 302 g/mol. The molecule has 0 radical (unpaired) electrons. The molecule has 2 aromatic rings. The van der Waals surface area contributed by atoms with Gasteiger partial charge in [-0.3, -0.25) is 4.79 Å². The van der Waals surface area contributed by atoms with Gasteiger partial charge in [0.2, 0.25) is 5.91 Å². The molecule has 0 aromatic heterocycles. The second-order valence-electron chi connectivity index (χ2n) is 4.94. The predicted molar refractivity (Wildman–Crippen MR) is 85.2 cm³/mol. The molecule has 0 aliphatic rings. The van der Waals surface area contributed by atoms with Crippen molar-refractivity contribution in [1.29, 1.82) is 0 Å². The highest BCUT2D eigenvalue weighted by Gasteiger charge is 2.10. The standard InChI is InChI=1S/C17H19FN2O2/c1-2-16(12-6-8-13(18)9-7-12)19-14-4-3-5-15(10-14)20-17(22)11-21/h3-10,16,19,21H,2,11H2,1H3,(H,20,22)/t16-/m1/s1. The van der Waals surface area contributed by atoms with Crippen LogP contribution in [0.15, 0.2) is 48.5 Å². The monoisotopic (exact) mass is 302 g/mol. The summed E-state index contributed by atoms with van der Waals surface area (Å²) < 4.78 is 13.0. The Kier molecular flexibility index (Phi) is 5.49. The fourth-order valence-electron chi connectivity index (χ4n) is 2.20. The highest BCUT2D eigenvalue weighted by molar-refractivity contribution is 5.91. The summed E-state index contributed by atoms with van der Waals surface area (Å²) in [6.45, 7) is 1.49. The van der Waals surface area contributed by atoms with Crippen LogP contribution in [0.1, 0.15) is 24.9 Å². The largest absolute Gasteiger partial charge is 0.387 e. The lowest BCUT2D eigenvalue weighted by Gasteiger charge is -2.19. The van der Waals surface area contributed by atoms with E-state index in [1.807, 2.05) is 19.1 Å². The van der Waals surface area contributed by atoms with Crippen LogP contribution in [0.4, 0.5) is 15.8 Å². The van der Waals surface area contributed by atoms with E-state index in [4.69, 9.17) is 5.11 Å². The van der Waals surface area contributed by atoms with Gasteiger partial charge in [0, 0.05) is 11.4 Å². The summed E-state index contributed by atoms with van der Waals surface area (Å²) in [6.07, 6.45) is 0.832. The molecule has 116 valence electrons. The number of carbonyl (C=O) groups excluding carboxylic acids is 1. The first kappa shape index (κ1) is 16.0. The zero-order valence-electron chi connectivity index (χ0n) is 12.3. The van der Waals surface area contributed by atoms with Gasteiger partial charge in [-0.15, -0.1) is 0 Å². The first-order chi connectivity index (χ1) is 10.6. The van der Waals surface area contributed by atoms with Crippen molar-refractivity contribution in [1.82, 2.24) is 0 Å². The quantitative estimate of drug-likeness (QED) is 0.767. The summed E-state index contributed by atoms with van der Waals surface area (Å²) in [4.78, 5) is 11.2. The molecule has 1 atom stereocenters. The number of hydrogen-bond acceptors (Lipinski definition) is 3. The van der Waals surface area contributed by atoms with E-state index in [1.54, 1.807) is 24.3 Å². The fourth-order valence-corrected chi connectivity index (χ4v) is 2.20. The van der Waals surface area contributed by atoms with Gasteiger partial charge in [0.25, 0.3) is 0 Å². The number of hydrogen-bond donors (Lipinski definition) is 3. The van der Waals surface area contributed by atoms with Gasteiger partial charge in [-0.25, -0.2) is 4.39 Å². The summed E-state index contributed by atoms with van der Waals surface area (Å²) in [5.74, 6) is -0.713. The average Bonchev–Trinajstić information content (AvgIpc) is 2.54. The normalized spacial score (nSPS) is 11.8. The molecule has 0 unspecified atom stereocenters. The van der Waals surface area contributed by atoms with E-state index in [0.29, 0.717) is 5.69 Å². The molecule has 0 aliphatic carbocycles. The highest BCUT2D eigenvalue weighted by atomic mass is 19.1. The smallest absolute Gasteiger partial charge is 0.250 e. The Bertz CT molecular complexity index is 629. The van der Waals surface area contributed by atoms with Crippen molar-refractivity contribution >= 4 is 17.3 Å². The number of rotatable bonds is 6. The van der Waals surface area contributed by atoms with E-state index in [9.17, 15) is 9.18 Å². The van der Waals surface area contributed by atoms with E-state index >= 15 is 0 Å². The van der Waals surface area contributed by atoms with Crippen LogP contribution in [0.25, 0.3) is 0 Å². The van der Waals surface area contributed by atoms with Gasteiger partial charge in [-0.1, -0.05) is 25.1 Å². The topological polar surface area (TPSA) is 61.4 Å². The minimum Gasteiger partial charge on any atom is -0.387 e. The summed E-state index contributed by atoms with van der Waals surface area (Å²) in [6, 6.07) is 13.7. The number of aliphatic hydroxyl groups is 1. The van der Waals surface area contributed by atoms with E-state index < -0.39 is 12.5 Å². The van der Waals surface area contributed by atoms with Crippen molar-refractivity contribution in [2.75, 3.05) is 17.2 Å². The Morgan fingerprint density at radius 3 is 2.50 bits per heavy atom. The Balaban J connectivity index is 2.12. The van der Waals surface area contributed by atoms with Crippen LogP contribution in [0.2, 0.25) is 0 Å². The summed E-state index contributed by atoms with van der Waals surface area (Å²) in [5.41, 5.74) is 2.44. The van der Waals surface area contributed by atoms with Gasteiger partial charge < -0.3 is 15.7 Å². The highest BCUT2D eigenvalue weighted by Crippen LogP contribution is 2.24. The molecule has 0 aliphatic heterocycles. The molecule has 3 N–H and O–H groups in total. The Hall–Kier alpha value is -2.40. The third-order valence-electron chi connectivity index (χ3n) is 3.31. The number of carbonyl (C=O) groups is 1. The SMILES string of the molecule is CC[C@@H](Nc1cccc(NC(=O)CO)c1)c1ccc(F)cc1. The van der Waals surface area contributed by atoms with Crippen LogP contribution in [0.5, 0.6) is 0 Å². The predicted octanol–water partition coefficient (Wildman–Crippen LogP) is 3.32. The second kappa shape index (κ2) is 7.56. The Morgan fingerprint density at radius 1 is 1.18 bits per heavy atom.